The van der Waals surface area contributed by atoms with Gasteiger partial charge in [-0.2, -0.15) is 0 Å². The summed E-state index contributed by atoms with van der Waals surface area (Å²) in [5.74, 6) is 1.38. The lowest BCUT2D eigenvalue weighted by molar-refractivity contribution is 0.473. The van der Waals surface area contributed by atoms with Crippen molar-refractivity contribution in [3.63, 3.8) is 0 Å². The van der Waals surface area contributed by atoms with Gasteiger partial charge >= 0.3 is 0 Å². The molecule has 4 heteroatoms. The van der Waals surface area contributed by atoms with Gasteiger partial charge in [0, 0.05) is 22.5 Å². The summed E-state index contributed by atoms with van der Waals surface area (Å²) in [5, 5.41) is 9.91. The molecule has 0 atom stereocenters. The minimum atomic E-state index is 0.180. The molecule has 4 nitrogen and oxygen atoms in total. The second-order valence-corrected chi connectivity index (χ2v) is 6.40. The van der Waals surface area contributed by atoms with Crippen molar-refractivity contribution < 1.29 is 5.11 Å². The van der Waals surface area contributed by atoms with Gasteiger partial charge < -0.3 is 21.6 Å². The predicted octanol–water partition coefficient (Wildman–Crippen LogP) is 4.20. The number of hydrogen-bond donors (Lipinski definition) is 4. The first-order valence-electron chi connectivity index (χ1n) is 8.39. The first kappa shape index (κ1) is 15.5. The molecule has 1 fully saturated rings. The van der Waals surface area contributed by atoms with Gasteiger partial charge in [0.15, 0.2) is 0 Å². The lowest BCUT2D eigenvalue weighted by Crippen LogP contribution is -1.97. The van der Waals surface area contributed by atoms with Crippen molar-refractivity contribution in [3.8, 4) is 5.75 Å². The smallest absolute Gasteiger partial charge is 0.124 e. The maximum absolute atomic E-state index is 9.91. The van der Waals surface area contributed by atoms with E-state index in [-0.39, 0.29) is 5.75 Å². The number of benzene rings is 1. The van der Waals surface area contributed by atoms with E-state index in [1.165, 1.54) is 44.2 Å². The number of phenolic OH excluding ortho intramolecular Hbond substituents is 1. The molecule has 23 heavy (non-hydrogen) atoms. The van der Waals surface area contributed by atoms with Crippen molar-refractivity contribution in [3.05, 3.63) is 47.2 Å². The number of aromatic amines is 1. The fraction of sp³-hybridized carbons (Fsp3) is 0.368. The first-order chi connectivity index (χ1) is 11.1. The van der Waals surface area contributed by atoms with Crippen molar-refractivity contribution in [2.75, 3.05) is 5.73 Å². The molecule has 0 spiro atoms. The lowest BCUT2D eigenvalue weighted by atomic mass is 9.96. The summed E-state index contributed by atoms with van der Waals surface area (Å²) < 4.78 is 0. The Bertz CT molecular complexity index is 694. The Balaban J connectivity index is 1.86. The van der Waals surface area contributed by atoms with Crippen molar-refractivity contribution >= 4 is 17.6 Å². The van der Waals surface area contributed by atoms with Crippen LogP contribution >= 0.6 is 0 Å². The minimum Gasteiger partial charge on any atom is -0.507 e. The van der Waals surface area contributed by atoms with Crippen LogP contribution in [0.5, 0.6) is 5.75 Å². The number of aromatic nitrogens is 1. The lowest BCUT2D eigenvalue weighted by Gasteiger charge is -2.11. The molecule has 1 aliphatic rings. The number of nitrogens with two attached hydrogens (primary N) is 2. The Morgan fingerprint density at radius 1 is 1.13 bits per heavy atom. The molecular weight excluding hydrogens is 286 g/mol. The molecule has 0 unspecified atom stereocenters. The zero-order valence-corrected chi connectivity index (χ0v) is 13.4. The molecule has 0 amide bonds. The first-order valence-corrected chi connectivity index (χ1v) is 8.39. The van der Waals surface area contributed by atoms with E-state index in [0.29, 0.717) is 23.0 Å². The average Bonchev–Trinajstić information content (AvgIpc) is 2.76. The Morgan fingerprint density at radius 3 is 2.52 bits per heavy atom. The van der Waals surface area contributed by atoms with Gasteiger partial charge in [-0.25, -0.2) is 0 Å². The third-order valence-corrected chi connectivity index (χ3v) is 4.72. The van der Waals surface area contributed by atoms with Gasteiger partial charge in [-0.15, -0.1) is 0 Å². The maximum atomic E-state index is 9.91. The highest BCUT2D eigenvalue weighted by Crippen LogP contribution is 2.33. The van der Waals surface area contributed by atoms with Crippen molar-refractivity contribution in [1.29, 1.82) is 0 Å². The number of aromatic hydroxyl groups is 1. The van der Waals surface area contributed by atoms with Crippen molar-refractivity contribution in [1.82, 2.24) is 4.98 Å². The third-order valence-electron chi connectivity index (χ3n) is 4.72. The molecule has 1 aromatic carbocycles. The number of H-pyrrole nitrogens is 1. The molecule has 3 rings (SSSR count). The second-order valence-electron chi connectivity index (χ2n) is 6.40. The Hall–Kier alpha value is -2.36. The Kier molecular flexibility index (Phi) is 4.60. The van der Waals surface area contributed by atoms with Crippen LogP contribution in [-0.4, -0.2) is 10.1 Å². The Morgan fingerprint density at radius 2 is 1.83 bits per heavy atom. The van der Waals surface area contributed by atoms with E-state index in [1.807, 2.05) is 12.1 Å². The summed E-state index contributed by atoms with van der Waals surface area (Å²) in [6.45, 7) is 0. The molecule has 0 bridgehead atoms. The highest BCUT2D eigenvalue weighted by Gasteiger charge is 2.17. The van der Waals surface area contributed by atoms with E-state index in [2.05, 4.69) is 11.1 Å². The second kappa shape index (κ2) is 6.82. The molecule has 1 aliphatic carbocycles. The van der Waals surface area contributed by atoms with E-state index < -0.39 is 0 Å². The number of nitrogens with one attached hydrogen (secondary N) is 1. The van der Waals surface area contributed by atoms with E-state index in [4.69, 9.17) is 11.5 Å². The van der Waals surface area contributed by atoms with E-state index in [1.54, 1.807) is 18.2 Å². The van der Waals surface area contributed by atoms with Gasteiger partial charge in [-0.1, -0.05) is 37.8 Å². The summed E-state index contributed by atoms with van der Waals surface area (Å²) in [4.78, 5) is 3.33. The van der Waals surface area contributed by atoms with Crippen LogP contribution in [0, 0.1) is 0 Å². The average molecular weight is 311 g/mol. The van der Waals surface area contributed by atoms with Gasteiger partial charge in [0.1, 0.15) is 11.6 Å². The Labute approximate surface area is 137 Å². The number of phenols is 1. The molecule has 1 heterocycles. The van der Waals surface area contributed by atoms with E-state index >= 15 is 0 Å². The molecule has 0 saturated heterocycles. The molecule has 2 aromatic rings. The van der Waals surface area contributed by atoms with Crippen LogP contribution in [0.15, 0.2) is 30.3 Å². The highest BCUT2D eigenvalue weighted by molar-refractivity contribution is 5.84. The predicted molar refractivity (Wildman–Crippen MR) is 95.8 cm³/mol. The number of nitrogen functional groups attached to an aromatic ring is 1. The summed E-state index contributed by atoms with van der Waals surface area (Å²) in [6, 6.07) is 9.18. The van der Waals surface area contributed by atoms with E-state index in [9.17, 15) is 5.11 Å². The van der Waals surface area contributed by atoms with Crippen LogP contribution in [0.2, 0.25) is 0 Å². The fourth-order valence-corrected chi connectivity index (χ4v) is 3.40. The maximum Gasteiger partial charge on any atom is 0.124 e. The number of anilines is 1. The molecule has 122 valence electrons. The normalized spacial score (nSPS) is 17.1. The molecule has 1 aromatic heterocycles. The molecule has 6 N–H and O–H groups in total. The minimum absolute atomic E-state index is 0.180. The molecule has 1 saturated carbocycles. The van der Waals surface area contributed by atoms with Crippen molar-refractivity contribution in [2.24, 2.45) is 5.73 Å². The standard InChI is InChI=1S/C19H25N3O/c20-16(15-9-5-6-10-18(15)23)11-14-12-17(22-19(14)21)13-7-3-1-2-4-8-13/h5-6,9-13,22-23H,1-4,7-8,20-21H2/b16-11-. The zero-order chi connectivity index (χ0) is 16.2. The van der Waals surface area contributed by atoms with Gasteiger partial charge in [0.25, 0.3) is 0 Å². The number of hydrogen-bond acceptors (Lipinski definition) is 3. The number of rotatable bonds is 3. The topological polar surface area (TPSA) is 88.1 Å². The SMILES string of the molecule is N/C(=C\c1cc(C2CCCCCC2)[nH]c1N)c1ccccc1O. The van der Waals surface area contributed by atoms with Gasteiger partial charge in [-0.3, -0.25) is 0 Å². The fourth-order valence-electron chi connectivity index (χ4n) is 3.40. The van der Waals surface area contributed by atoms with Gasteiger partial charge in [-0.05, 0) is 43.0 Å². The molecule has 0 aliphatic heterocycles. The van der Waals surface area contributed by atoms with Crippen LogP contribution < -0.4 is 11.5 Å². The number of para-hydroxylation sites is 1. The van der Waals surface area contributed by atoms with Crippen LogP contribution in [0.25, 0.3) is 11.8 Å². The third kappa shape index (κ3) is 3.52. The monoisotopic (exact) mass is 311 g/mol. The quantitative estimate of drug-likeness (QED) is 0.641. The molecular formula is C19H25N3O. The summed E-state index contributed by atoms with van der Waals surface area (Å²) in [5.41, 5.74) is 15.5. The van der Waals surface area contributed by atoms with Crippen LogP contribution in [0.4, 0.5) is 5.82 Å². The molecule has 0 radical (unpaired) electrons. The zero-order valence-electron chi connectivity index (χ0n) is 13.4. The largest absolute Gasteiger partial charge is 0.507 e. The summed E-state index contributed by atoms with van der Waals surface area (Å²) in [6.07, 6.45) is 9.51. The van der Waals surface area contributed by atoms with Crippen LogP contribution in [-0.2, 0) is 0 Å². The van der Waals surface area contributed by atoms with Crippen LogP contribution in [0.3, 0.4) is 0 Å². The highest BCUT2D eigenvalue weighted by atomic mass is 16.3. The summed E-state index contributed by atoms with van der Waals surface area (Å²) >= 11 is 0. The van der Waals surface area contributed by atoms with E-state index in [0.717, 1.165) is 5.56 Å². The summed E-state index contributed by atoms with van der Waals surface area (Å²) in [7, 11) is 0. The van der Waals surface area contributed by atoms with Gasteiger partial charge in [0.2, 0.25) is 0 Å². The van der Waals surface area contributed by atoms with Gasteiger partial charge in [0.05, 0.1) is 0 Å². The van der Waals surface area contributed by atoms with Crippen molar-refractivity contribution in [2.45, 2.75) is 44.4 Å². The van der Waals surface area contributed by atoms with Crippen LogP contribution in [0.1, 0.15) is 61.3 Å².